The fourth-order valence-corrected chi connectivity index (χ4v) is 3.83. The molecule has 2 aromatic rings. The molecule has 150 valence electrons. The van der Waals surface area contributed by atoms with E-state index < -0.39 is 0 Å². The summed E-state index contributed by atoms with van der Waals surface area (Å²) in [6.45, 7) is 3.61. The highest BCUT2D eigenvalue weighted by atomic mass is 35.5. The summed E-state index contributed by atoms with van der Waals surface area (Å²) < 4.78 is 10.6. The van der Waals surface area contributed by atoms with Crippen LogP contribution in [0.2, 0.25) is 5.02 Å². The monoisotopic (exact) mass is 402 g/mol. The largest absolute Gasteiger partial charge is 0.493 e. The number of carbonyl (C=O) groups excluding carboxylic acids is 1. The van der Waals surface area contributed by atoms with Gasteiger partial charge in [-0.25, -0.2) is 0 Å². The Kier molecular flexibility index (Phi) is 7.18. The van der Waals surface area contributed by atoms with E-state index in [1.54, 1.807) is 32.4 Å². The Morgan fingerprint density at radius 2 is 1.96 bits per heavy atom. The predicted octanol–water partition coefficient (Wildman–Crippen LogP) is 4.00. The van der Waals surface area contributed by atoms with E-state index in [1.165, 1.54) is 5.56 Å². The van der Waals surface area contributed by atoms with Gasteiger partial charge in [0.1, 0.15) is 0 Å². The van der Waals surface area contributed by atoms with Crippen molar-refractivity contribution in [1.82, 2.24) is 10.2 Å². The van der Waals surface area contributed by atoms with Crippen LogP contribution in [-0.2, 0) is 6.54 Å². The molecule has 0 aromatic heterocycles. The molecule has 2 aromatic carbocycles. The summed E-state index contributed by atoms with van der Waals surface area (Å²) in [5.41, 5.74) is 1.76. The van der Waals surface area contributed by atoms with Gasteiger partial charge in [0, 0.05) is 24.7 Å². The highest BCUT2D eigenvalue weighted by Gasteiger charge is 2.22. The molecule has 5 nitrogen and oxygen atoms in total. The molecule has 1 heterocycles. The fourth-order valence-electron chi connectivity index (χ4n) is 3.71. The molecule has 0 radical (unpaired) electrons. The summed E-state index contributed by atoms with van der Waals surface area (Å²) in [6, 6.07) is 13.3. The first kappa shape index (κ1) is 20.5. The molecule has 28 heavy (non-hydrogen) atoms. The topological polar surface area (TPSA) is 50.8 Å². The molecule has 0 bridgehead atoms. The quantitative estimate of drug-likeness (QED) is 0.760. The molecule has 1 saturated heterocycles. The van der Waals surface area contributed by atoms with E-state index in [1.807, 2.05) is 12.1 Å². The lowest BCUT2D eigenvalue weighted by molar-refractivity contribution is 0.0927. The zero-order chi connectivity index (χ0) is 19.9. The summed E-state index contributed by atoms with van der Waals surface area (Å²) in [5, 5.41) is 3.83. The van der Waals surface area contributed by atoms with Crippen LogP contribution in [0.5, 0.6) is 11.5 Å². The van der Waals surface area contributed by atoms with Gasteiger partial charge in [-0.05, 0) is 55.1 Å². The van der Waals surface area contributed by atoms with Crippen molar-refractivity contribution in [3.8, 4) is 11.5 Å². The molecule has 0 saturated carbocycles. The lowest BCUT2D eigenvalue weighted by atomic mass is 9.97. The number of rotatable bonds is 7. The van der Waals surface area contributed by atoms with Crippen LogP contribution in [0.3, 0.4) is 0 Å². The summed E-state index contributed by atoms with van der Waals surface area (Å²) in [4.78, 5) is 15.1. The van der Waals surface area contributed by atoms with Gasteiger partial charge < -0.3 is 14.8 Å². The second-order valence-corrected chi connectivity index (χ2v) is 7.56. The number of nitrogens with zero attached hydrogens (tertiary/aromatic N) is 1. The van der Waals surface area contributed by atoms with Gasteiger partial charge in [-0.3, -0.25) is 9.69 Å². The highest BCUT2D eigenvalue weighted by molar-refractivity contribution is 6.30. The zero-order valence-electron chi connectivity index (χ0n) is 16.4. The third kappa shape index (κ3) is 5.18. The minimum atomic E-state index is -0.134. The Morgan fingerprint density at radius 3 is 2.68 bits per heavy atom. The van der Waals surface area contributed by atoms with E-state index in [0.29, 0.717) is 29.5 Å². The number of hydrogen-bond donors (Lipinski definition) is 1. The molecule has 6 heteroatoms. The number of para-hydroxylation sites is 1. The maximum Gasteiger partial charge on any atom is 0.255 e. The molecule has 3 rings (SSSR count). The zero-order valence-corrected chi connectivity index (χ0v) is 17.2. The van der Waals surface area contributed by atoms with Crippen molar-refractivity contribution < 1.29 is 14.3 Å². The number of methoxy groups -OCH3 is 2. The normalized spacial score (nSPS) is 17.2. The van der Waals surface area contributed by atoms with Gasteiger partial charge in [0.25, 0.3) is 5.91 Å². The lowest BCUT2D eigenvalue weighted by Crippen LogP contribution is -2.40. The molecule has 1 atom stereocenters. The first-order valence-electron chi connectivity index (χ1n) is 9.56. The smallest absolute Gasteiger partial charge is 0.255 e. The molecule has 1 fully saturated rings. The van der Waals surface area contributed by atoms with E-state index in [0.717, 1.165) is 37.5 Å². The van der Waals surface area contributed by atoms with E-state index in [9.17, 15) is 4.79 Å². The van der Waals surface area contributed by atoms with Gasteiger partial charge in [0.2, 0.25) is 0 Å². The standard InChI is InChI=1S/C22H27ClN2O3/c1-27-20-7-3-6-19(21(20)28-2)22(26)24-13-17-5-4-12-25(15-17)14-16-8-10-18(23)11-9-16/h3,6-11,17H,4-5,12-15H2,1-2H3,(H,24,26). The first-order valence-corrected chi connectivity index (χ1v) is 9.94. The van der Waals surface area contributed by atoms with Crippen LogP contribution in [0, 0.1) is 5.92 Å². The number of amides is 1. The molecule has 1 aliphatic rings. The van der Waals surface area contributed by atoms with Crippen molar-refractivity contribution in [1.29, 1.82) is 0 Å². The van der Waals surface area contributed by atoms with Crippen LogP contribution in [-0.4, -0.2) is 44.7 Å². The molecule has 0 aliphatic carbocycles. The van der Waals surface area contributed by atoms with E-state index >= 15 is 0 Å². The fraction of sp³-hybridized carbons (Fsp3) is 0.409. The van der Waals surface area contributed by atoms with Gasteiger partial charge in [0.15, 0.2) is 11.5 Å². The van der Waals surface area contributed by atoms with Crippen LogP contribution >= 0.6 is 11.6 Å². The number of nitrogens with one attached hydrogen (secondary N) is 1. The van der Waals surface area contributed by atoms with Gasteiger partial charge >= 0.3 is 0 Å². The van der Waals surface area contributed by atoms with Gasteiger partial charge in [-0.15, -0.1) is 0 Å². The second-order valence-electron chi connectivity index (χ2n) is 7.12. The number of piperidine rings is 1. The van der Waals surface area contributed by atoms with E-state index in [4.69, 9.17) is 21.1 Å². The Bertz CT molecular complexity index is 795. The number of carbonyl (C=O) groups is 1. The van der Waals surface area contributed by atoms with Crippen LogP contribution in [0.25, 0.3) is 0 Å². The molecule has 1 aliphatic heterocycles. The van der Waals surface area contributed by atoms with Gasteiger partial charge in [-0.1, -0.05) is 29.8 Å². The number of ether oxygens (including phenoxy) is 2. The molecule has 1 N–H and O–H groups in total. The number of halogens is 1. The molecule has 0 spiro atoms. The minimum Gasteiger partial charge on any atom is -0.493 e. The van der Waals surface area contributed by atoms with Crippen molar-refractivity contribution in [3.63, 3.8) is 0 Å². The van der Waals surface area contributed by atoms with Crippen LogP contribution in [0.15, 0.2) is 42.5 Å². The molecular formula is C22H27ClN2O3. The molecule has 1 amide bonds. The van der Waals surface area contributed by atoms with E-state index in [2.05, 4.69) is 22.3 Å². The Labute approximate surface area is 171 Å². The number of benzene rings is 2. The second kappa shape index (κ2) is 9.80. The van der Waals surface area contributed by atoms with Gasteiger partial charge in [-0.2, -0.15) is 0 Å². The maximum absolute atomic E-state index is 12.7. The predicted molar refractivity (Wildman–Crippen MR) is 111 cm³/mol. The molecular weight excluding hydrogens is 376 g/mol. The Balaban J connectivity index is 1.55. The number of likely N-dealkylation sites (tertiary alicyclic amines) is 1. The van der Waals surface area contributed by atoms with Crippen molar-refractivity contribution >= 4 is 17.5 Å². The van der Waals surface area contributed by atoms with Crippen molar-refractivity contribution in [3.05, 3.63) is 58.6 Å². The van der Waals surface area contributed by atoms with Gasteiger partial charge in [0.05, 0.1) is 19.8 Å². The lowest BCUT2D eigenvalue weighted by Gasteiger charge is -2.33. The highest BCUT2D eigenvalue weighted by Crippen LogP contribution is 2.30. The SMILES string of the molecule is COc1cccc(C(=O)NCC2CCCN(Cc3ccc(Cl)cc3)C2)c1OC. The van der Waals surface area contributed by atoms with E-state index in [-0.39, 0.29) is 5.91 Å². The summed E-state index contributed by atoms with van der Waals surface area (Å²) in [6.07, 6.45) is 2.25. The third-order valence-electron chi connectivity index (χ3n) is 5.12. The van der Waals surface area contributed by atoms with Crippen molar-refractivity contribution in [2.45, 2.75) is 19.4 Å². The Hall–Kier alpha value is -2.24. The number of hydrogen-bond acceptors (Lipinski definition) is 4. The summed E-state index contributed by atoms with van der Waals surface area (Å²) in [5.74, 6) is 1.32. The summed E-state index contributed by atoms with van der Waals surface area (Å²) in [7, 11) is 3.11. The van der Waals surface area contributed by atoms with Crippen LogP contribution in [0.1, 0.15) is 28.8 Å². The first-order chi connectivity index (χ1) is 13.6. The summed E-state index contributed by atoms with van der Waals surface area (Å²) >= 11 is 5.97. The average molecular weight is 403 g/mol. The van der Waals surface area contributed by atoms with Crippen LogP contribution in [0.4, 0.5) is 0 Å². The van der Waals surface area contributed by atoms with Crippen LogP contribution < -0.4 is 14.8 Å². The third-order valence-corrected chi connectivity index (χ3v) is 5.37. The minimum absolute atomic E-state index is 0.134. The van der Waals surface area contributed by atoms with Crippen molar-refractivity contribution in [2.24, 2.45) is 5.92 Å². The average Bonchev–Trinajstić information content (AvgIpc) is 2.73. The Morgan fingerprint density at radius 1 is 1.18 bits per heavy atom. The van der Waals surface area contributed by atoms with Crippen molar-refractivity contribution in [2.75, 3.05) is 33.9 Å². The molecule has 1 unspecified atom stereocenters. The maximum atomic E-state index is 12.7.